The Morgan fingerprint density at radius 1 is 1.10 bits per heavy atom. The largest absolute Gasteiger partial charge is 0.351 e. The van der Waals surface area contributed by atoms with Crippen molar-refractivity contribution in [2.75, 3.05) is 13.2 Å². The van der Waals surface area contributed by atoms with Crippen LogP contribution < -0.4 is 10.6 Å². The van der Waals surface area contributed by atoms with Crippen LogP contribution in [0.15, 0.2) is 36.4 Å². The van der Waals surface area contributed by atoms with Crippen LogP contribution in [-0.4, -0.2) is 25.2 Å². The SMILES string of the molecule is CCc1ccc2c(c1)C(NCCC(CCc1cc(F)cc(F)c1)NC(=O)CF)CCC2. The second kappa shape index (κ2) is 11.3. The van der Waals surface area contributed by atoms with Crippen molar-refractivity contribution in [1.82, 2.24) is 10.6 Å². The number of halogens is 3. The van der Waals surface area contributed by atoms with Crippen LogP contribution in [0.4, 0.5) is 13.2 Å². The molecule has 31 heavy (non-hydrogen) atoms. The summed E-state index contributed by atoms with van der Waals surface area (Å²) in [7, 11) is 0. The van der Waals surface area contributed by atoms with E-state index >= 15 is 0 Å². The van der Waals surface area contributed by atoms with E-state index < -0.39 is 24.2 Å². The summed E-state index contributed by atoms with van der Waals surface area (Å²) >= 11 is 0. The third-order valence-electron chi connectivity index (χ3n) is 6.01. The van der Waals surface area contributed by atoms with Gasteiger partial charge in [0.05, 0.1) is 0 Å². The van der Waals surface area contributed by atoms with Gasteiger partial charge in [-0.15, -0.1) is 0 Å². The Morgan fingerprint density at radius 2 is 1.87 bits per heavy atom. The number of benzene rings is 2. The summed E-state index contributed by atoms with van der Waals surface area (Å²) < 4.78 is 39.6. The number of nitrogens with one attached hydrogen (secondary N) is 2. The van der Waals surface area contributed by atoms with E-state index in [4.69, 9.17) is 0 Å². The van der Waals surface area contributed by atoms with Gasteiger partial charge in [-0.25, -0.2) is 13.2 Å². The van der Waals surface area contributed by atoms with E-state index in [1.165, 1.54) is 28.8 Å². The zero-order valence-corrected chi connectivity index (χ0v) is 18.0. The van der Waals surface area contributed by atoms with E-state index in [2.05, 4.69) is 35.8 Å². The van der Waals surface area contributed by atoms with Crippen LogP contribution in [0, 0.1) is 11.6 Å². The highest BCUT2D eigenvalue weighted by atomic mass is 19.1. The van der Waals surface area contributed by atoms with Crippen molar-refractivity contribution in [2.45, 2.75) is 64.0 Å². The lowest BCUT2D eigenvalue weighted by Crippen LogP contribution is -2.39. The first kappa shape index (κ1) is 23.3. The van der Waals surface area contributed by atoms with E-state index in [1.54, 1.807) is 0 Å². The van der Waals surface area contributed by atoms with Crippen molar-refractivity contribution >= 4 is 5.91 Å². The highest BCUT2D eigenvalue weighted by Gasteiger charge is 2.21. The number of hydrogen-bond donors (Lipinski definition) is 2. The average Bonchev–Trinajstić information content (AvgIpc) is 2.76. The van der Waals surface area contributed by atoms with E-state index in [-0.39, 0.29) is 12.1 Å². The summed E-state index contributed by atoms with van der Waals surface area (Å²) in [6.45, 7) is 1.74. The second-order valence-corrected chi connectivity index (χ2v) is 8.29. The molecule has 2 aromatic carbocycles. The summed E-state index contributed by atoms with van der Waals surface area (Å²) in [5, 5.41) is 6.30. The molecule has 0 saturated heterocycles. The lowest BCUT2D eigenvalue weighted by molar-refractivity contribution is -0.122. The molecule has 3 rings (SSSR count). The number of carbonyl (C=O) groups is 1. The molecular weight excluding hydrogens is 401 g/mol. The number of fused-ring (bicyclic) bond motifs is 1. The molecule has 2 atom stereocenters. The minimum Gasteiger partial charge on any atom is -0.351 e. The number of hydrogen-bond acceptors (Lipinski definition) is 2. The van der Waals surface area contributed by atoms with Gasteiger partial charge in [0, 0.05) is 18.2 Å². The Bertz CT molecular complexity index is 867. The molecule has 2 aromatic rings. The molecule has 0 radical (unpaired) electrons. The fourth-order valence-electron chi connectivity index (χ4n) is 4.36. The van der Waals surface area contributed by atoms with Gasteiger partial charge in [-0.1, -0.05) is 25.1 Å². The lowest BCUT2D eigenvalue weighted by Gasteiger charge is -2.28. The van der Waals surface area contributed by atoms with Gasteiger partial charge in [0.15, 0.2) is 6.67 Å². The molecule has 0 aliphatic heterocycles. The zero-order chi connectivity index (χ0) is 22.2. The lowest BCUT2D eigenvalue weighted by atomic mass is 9.86. The minimum atomic E-state index is -1.08. The van der Waals surface area contributed by atoms with Crippen molar-refractivity contribution in [3.05, 3.63) is 70.3 Å². The quantitative estimate of drug-likeness (QED) is 0.557. The van der Waals surface area contributed by atoms with Gasteiger partial charge in [0.1, 0.15) is 11.6 Å². The third kappa shape index (κ3) is 6.82. The van der Waals surface area contributed by atoms with Gasteiger partial charge in [0.2, 0.25) is 0 Å². The Labute approximate surface area is 182 Å². The molecule has 0 aromatic heterocycles. The third-order valence-corrected chi connectivity index (χ3v) is 6.01. The Hall–Kier alpha value is -2.34. The molecule has 0 bridgehead atoms. The van der Waals surface area contributed by atoms with Crippen LogP contribution in [0.5, 0.6) is 0 Å². The molecule has 168 valence electrons. The summed E-state index contributed by atoms with van der Waals surface area (Å²) in [5.74, 6) is -1.90. The topological polar surface area (TPSA) is 41.1 Å². The van der Waals surface area contributed by atoms with Crippen LogP contribution in [0.1, 0.15) is 60.9 Å². The molecular formula is C25H31F3N2O. The van der Waals surface area contributed by atoms with Crippen molar-refractivity contribution in [1.29, 1.82) is 0 Å². The Kier molecular flexibility index (Phi) is 8.52. The molecule has 1 amide bonds. The van der Waals surface area contributed by atoms with Gasteiger partial charge in [-0.2, -0.15) is 0 Å². The van der Waals surface area contributed by atoms with Gasteiger partial charge >= 0.3 is 0 Å². The first-order valence-corrected chi connectivity index (χ1v) is 11.1. The average molecular weight is 433 g/mol. The smallest absolute Gasteiger partial charge is 0.251 e. The monoisotopic (exact) mass is 432 g/mol. The van der Waals surface area contributed by atoms with E-state index in [0.29, 0.717) is 31.4 Å². The maximum atomic E-state index is 13.4. The number of amides is 1. The van der Waals surface area contributed by atoms with Crippen molar-refractivity contribution in [3.63, 3.8) is 0 Å². The predicted octanol–water partition coefficient (Wildman–Crippen LogP) is 4.97. The zero-order valence-electron chi connectivity index (χ0n) is 18.0. The number of rotatable bonds is 10. The molecule has 2 N–H and O–H groups in total. The van der Waals surface area contributed by atoms with Crippen LogP contribution in [0.2, 0.25) is 0 Å². The van der Waals surface area contributed by atoms with Crippen LogP contribution >= 0.6 is 0 Å². The van der Waals surface area contributed by atoms with Gasteiger partial charge in [-0.3, -0.25) is 4.79 Å². The first-order chi connectivity index (χ1) is 15.0. The number of aryl methyl sites for hydroxylation is 3. The van der Waals surface area contributed by atoms with E-state index in [0.717, 1.165) is 31.7 Å². The molecule has 3 nitrogen and oxygen atoms in total. The summed E-state index contributed by atoms with van der Waals surface area (Å²) in [5.41, 5.74) is 4.59. The second-order valence-electron chi connectivity index (χ2n) is 8.29. The van der Waals surface area contributed by atoms with Crippen molar-refractivity contribution < 1.29 is 18.0 Å². The minimum absolute atomic E-state index is 0.269. The number of alkyl halides is 1. The summed E-state index contributed by atoms with van der Waals surface area (Å²) in [4.78, 5) is 11.6. The highest BCUT2D eigenvalue weighted by Crippen LogP contribution is 2.30. The molecule has 0 saturated carbocycles. The van der Waals surface area contributed by atoms with Crippen molar-refractivity contribution in [3.8, 4) is 0 Å². The van der Waals surface area contributed by atoms with Gasteiger partial charge in [-0.05, 0) is 85.9 Å². The fourth-order valence-corrected chi connectivity index (χ4v) is 4.36. The summed E-state index contributed by atoms with van der Waals surface area (Å²) in [6, 6.07) is 10.1. The molecule has 1 aliphatic carbocycles. The van der Waals surface area contributed by atoms with Crippen molar-refractivity contribution in [2.24, 2.45) is 0 Å². The van der Waals surface area contributed by atoms with Gasteiger partial charge < -0.3 is 10.6 Å². The maximum absolute atomic E-state index is 13.4. The standard InChI is InChI=1S/C25H31F3N2O/c1-2-17-6-8-19-4-3-5-24(23(19)14-17)29-11-10-22(30-25(31)16-26)9-7-18-12-20(27)15-21(28)13-18/h6,8,12-15,22,24,29H,2-5,7,9-11,16H2,1H3,(H,30,31). The van der Waals surface area contributed by atoms with E-state index in [1.807, 2.05) is 0 Å². The molecule has 6 heteroatoms. The first-order valence-electron chi connectivity index (χ1n) is 11.1. The Morgan fingerprint density at radius 3 is 2.58 bits per heavy atom. The van der Waals surface area contributed by atoms with E-state index in [9.17, 15) is 18.0 Å². The van der Waals surface area contributed by atoms with Crippen LogP contribution in [-0.2, 0) is 24.1 Å². The molecule has 0 fully saturated rings. The maximum Gasteiger partial charge on any atom is 0.251 e. The normalized spacial score (nSPS) is 16.6. The van der Waals surface area contributed by atoms with Gasteiger partial charge in [0.25, 0.3) is 5.91 Å². The molecule has 0 spiro atoms. The number of carbonyl (C=O) groups excluding carboxylic acids is 1. The van der Waals surface area contributed by atoms with Crippen LogP contribution in [0.3, 0.4) is 0 Å². The molecule has 0 heterocycles. The summed E-state index contributed by atoms with van der Waals surface area (Å²) in [6.07, 6.45) is 5.78. The predicted molar refractivity (Wildman–Crippen MR) is 117 cm³/mol. The molecule has 2 unspecified atom stereocenters. The fraction of sp³-hybridized carbons (Fsp3) is 0.480. The molecule has 1 aliphatic rings. The highest BCUT2D eigenvalue weighted by molar-refractivity contribution is 5.77. The Balaban J connectivity index is 1.59. The van der Waals surface area contributed by atoms with Crippen LogP contribution in [0.25, 0.3) is 0 Å².